The van der Waals surface area contributed by atoms with Crippen LogP contribution >= 0.6 is 0 Å². The van der Waals surface area contributed by atoms with Crippen LogP contribution in [0.4, 0.5) is 5.82 Å². The second-order valence-corrected chi connectivity index (χ2v) is 5.58. The monoisotopic (exact) mass is 285 g/mol. The van der Waals surface area contributed by atoms with Gasteiger partial charge in [-0.3, -0.25) is 9.89 Å². The van der Waals surface area contributed by atoms with Crippen LogP contribution in [0.5, 0.6) is 0 Å². The first-order valence-corrected chi connectivity index (χ1v) is 7.29. The third-order valence-corrected chi connectivity index (χ3v) is 4.56. The van der Waals surface area contributed by atoms with Crippen molar-refractivity contribution in [2.45, 2.75) is 48.0 Å². The van der Waals surface area contributed by atoms with Gasteiger partial charge in [0.15, 0.2) is 0 Å². The lowest BCUT2D eigenvalue weighted by molar-refractivity contribution is 0.102. The van der Waals surface area contributed by atoms with Gasteiger partial charge in [-0.15, -0.1) is 0 Å². The second kappa shape index (κ2) is 5.72. The van der Waals surface area contributed by atoms with E-state index in [-0.39, 0.29) is 5.91 Å². The topological polar surface area (TPSA) is 57.8 Å². The van der Waals surface area contributed by atoms with E-state index in [0.717, 1.165) is 28.7 Å². The number of nitrogens with zero attached hydrogens (tertiary/aromatic N) is 1. The van der Waals surface area contributed by atoms with Gasteiger partial charge in [-0.1, -0.05) is 6.92 Å². The average Bonchev–Trinajstić information content (AvgIpc) is 2.90. The van der Waals surface area contributed by atoms with Gasteiger partial charge in [-0.05, 0) is 68.9 Å². The van der Waals surface area contributed by atoms with E-state index in [0.29, 0.717) is 5.82 Å². The standard InChI is InChI=1S/C17H23N3O/c1-7-14-8-18-20-16(14)19-17(21)15-12(5)10(3)9(2)11(4)13(15)6/h8H,7H2,1-6H3,(H2,18,19,20,21). The number of rotatable bonds is 3. The summed E-state index contributed by atoms with van der Waals surface area (Å²) < 4.78 is 0. The van der Waals surface area contributed by atoms with Crippen molar-refractivity contribution in [3.05, 3.63) is 45.1 Å². The Balaban J connectivity index is 2.45. The van der Waals surface area contributed by atoms with Gasteiger partial charge in [-0.25, -0.2) is 0 Å². The summed E-state index contributed by atoms with van der Waals surface area (Å²) in [4.78, 5) is 12.7. The van der Waals surface area contributed by atoms with Crippen molar-refractivity contribution in [3.63, 3.8) is 0 Å². The molecule has 2 N–H and O–H groups in total. The highest BCUT2D eigenvalue weighted by Gasteiger charge is 2.19. The number of aromatic nitrogens is 2. The molecule has 2 rings (SSSR count). The summed E-state index contributed by atoms with van der Waals surface area (Å²) >= 11 is 0. The Morgan fingerprint density at radius 3 is 2.10 bits per heavy atom. The highest BCUT2D eigenvalue weighted by molar-refractivity contribution is 6.06. The molecule has 1 aromatic carbocycles. The molecule has 0 saturated carbocycles. The molecule has 0 saturated heterocycles. The Hall–Kier alpha value is -2.10. The largest absolute Gasteiger partial charge is 0.307 e. The molecule has 0 aliphatic heterocycles. The maximum Gasteiger partial charge on any atom is 0.257 e. The minimum atomic E-state index is -0.0739. The maximum atomic E-state index is 12.7. The first-order valence-electron chi connectivity index (χ1n) is 7.29. The molecule has 21 heavy (non-hydrogen) atoms. The molecule has 4 heteroatoms. The molecule has 0 fully saturated rings. The Morgan fingerprint density at radius 1 is 1.05 bits per heavy atom. The molecular formula is C17H23N3O. The number of nitrogens with one attached hydrogen (secondary N) is 2. The predicted molar refractivity (Wildman–Crippen MR) is 86.0 cm³/mol. The SMILES string of the molecule is CCc1cn[nH]c1NC(=O)c1c(C)c(C)c(C)c(C)c1C. The maximum absolute atomic E-state index is 12.7. The molecular weight excluding hydrogens is 262 g/mol. The predicted octanol–water partition coefficient (Wildman–Crippen LogP) is 3.77. The smallest absolute Gasteiger partial charge is 0.257 e. The number of anilines is 1. The van der Waals surface area contributed by atoms with Crippen LogP contribution in [0.15, 0.2) is 6.20 Å². The highest BCUT2D eigenvalue weighted by Crippen LogP contribution is 2.27. The van der Waals surface area contributed by atoms with Crippen LogP contribution in [0.3, 0.4) is 0 Å². The molecule has 1 heterocycles. The molecule has 0 radical (unpaired) electrons. The second-order valence-electron chi connectivity index (χ2n) is 5.58. The van der Waals surface area contributed by atoms with Crippen molar-refractivity contribution in [3.8, 4) is 0 Å². The van der Waals surface area contributed by atoms with Gasteiger partial charge in [-0.2, -0.15) is 5.10 Å². The quantitative estimate of drug-likeness (QED) is 0.902. The van der Waals surface area contributed by atoms with E-state index >= 15 is 0 Å². The summed E-state index contributed by atoms with van der Waals surface area (Å²) in [7, 11) is 0. The van der Waals surface area contributed by atoms with Gasteiger partial charge >= 0.3 is 0 Å². The molecule has 0 unspecified atom stereocenters. The van der Waals surface area contributed by atoms with Crippen molar-refractivity contribution in [2.75, 3.05) is 5.32 Å². The first kappa shape index (κ1) is 15.3. The van der Waals surface area contributed by atoms with Crippen molar-refractivity contribution in [2.24, 2.45) is 0 Å². The lowest BCUT2D eigenvalue weighted by atomic mass is 9.89. The van der Waals surface area contributed by atoms with Crippen LogP contribution in [0, 0.1) is 34.6 Å². The summed E-state index contributed by atoms with van der Waals surface area (Å²) in [5.74, 6) is 0.618. The molecule has 0 atom stereocenters. The van der Waals surface area contributed by atoms with Crippen molar-refractivity contribution < 1.29 is 4.79 Å². The van der Waals surface area contributed by atoms with Gasteiger partial charge < -0.3 is 5.32 Å². The Bertz CT molecular complexity index is 669. The zero-order valence-electron chi connectivity index (χ0n) is 13.6. The van der Waals surface area contributed by atoms with E-state index < -0.39 is 0 Å². The molecule has 2 aromatic rings. The Labute approximate surface area is 126 Å². The Kier molecular flexibility index (Phi) is 4.16. The minimum absolute atomic E-state index is 0.0739. The molecule has 112 valence electrons. The van der Waals surface area contributed by atoms with Crippen LogP contribution in [0.25, 0.3) is 0 Å². The first-order chi connectivity index (χ1) is 9.88. The summed E-state index contributed by atoms with van der Waals surface area (Å²) in [6, 6.07) is 0. The summed E-state index contributed by atoms with van der Waals surface area (Å²) in [6.45, 7) is 12.3. The minimum Gasteiger partial charge on any atom is -0.307 e. The van der Waals surface area contributed by atoms with Crippen LogP contribution < -0.4 is 5.32 Å². The van der Waals surface area contributed by atoms with Crippen LogP contribution in [-0.4, -0.2) is 16.1 Å². The summed E-state index contributed by atoms with van der Waals surface area (Å²) in [5, 5.41) is 9.81. The lowest BCUT2D eigenvalue weighted by Gasteiger charge is -2.18. The van der Waals surface area contributed by atoms with Crippen molar-refractivity contribution >= 4 is 11.7 Å². The van der Waals surface area contributed by atoms with E-state index in [2.05, 4.69) is 36.3 Å². The van der Waals surface area contributed by atoms with E-state index in [4.69, 9.17) is 0 Å². The van der Waals surface area contributed by atoms with Crippen LogP contribution in [0.2, 0.25) is 0 Å². The number of hydrogen-bond acceptors (Lipinski definition) is 2. The number of aryl methyl sites for hydroxylation is 1. The number of carbonyl (C=O) groups is 1. The van der Waals surface area contributed by atoms with E-state index in [1.165, 1.54) is 16.7 Å². The lowest BCUT2D eigenvalue weighted by Crippen LogP contribution is -2.18. The zero-order chi connectivity index (χ0) is 15.7. The normalized spacial score (nSPS) is 10.8. The fourth-order valence-electron chi connectivity index (χ4n) is 2.70. The van der Waals surface area contributed by atoms with Gasteiger partial charge in [0.05, 0.1) is 6.20 Å². The number of benzene rings is 1. The molecule has 1 amide bonds. The average molecular weight is 285 g/mol. The highest BCUT2D eigenvalue weighted by atomic mass is 16.1. The van der Waals surface area contributed by atoms with Gasteiger partial charge in [0.2, 0.25) is 0 Å². The third-order valence-electron chi connectivity index (χ3n) is 4.56. The van der Waals surface area contributed by atoms with Crippen LogP contribution in [0.1, 0.15) is 50.7 Å². The zero-order valence-corrected chi connectivity index (χ0v) is 13.6. The number of H-pyrrole nitrogens is 1. The van der Waals surface area contributed by atoms with E-state index in [1.807, 2.05) is 20.8 Å². The van der Waals surface area contributed by atoms with Gasteiger partial charge in [0.1, 0.15) is 5.82 Å². The number of carbonyl (C=O) groups excluding carboxylic acids is 1. The van der Waals surface area contributed by atoms with E-state index in [9.17, 15) is 4.79 Å². The molecule has 0 aliphatic carbocycles. The van der Waals surface area contributed by atoms with E-state index in [1.54, 1.807) is 6.20 Å². The molecule has 0 aliphatic rings. The van der Waals surface area contributed by atoms with Crippen molar-refractivity contribution in [1.82, 2.24) is 10.2 Å². The number of amides is 1. The molecule has 1 aromatic heterocycles. The fraction of sp³-hybridized carbons (Fsp3) is 0.412. The molecule has 4 nitrogen and oxygen atoms in total. The van der Waals surface area contributed by atoms with Crippen LogP contribution in [-0.2, 0) is 6.42 Å². The molecule has 0 spiro atoms. The summed E-state index contributed by atoms with van der Waals surface area (Å²) in [5.41, 5.74) is 7.51. The summed E-state index contributed by atoms with van der Waals surface area (Å²) in [6.07, 6.45) is 2.58. The number of hydrogen-bond donors (Lipinski definition) is 2. The number of aromatic amines is 1. The fourth-order valence-corrected chi connectivity index (χ4v) is 2.70. The van der Waals surface area contributed by atoms with Gasteiger partial charge in [0.25, 0.3) is 5.91 Å². The molecule has 0 bridgehead atoms. The van der Waals surface area contributed by atoms with Gasteiger partial charge in [0, 0.05) is 11.1 Å². The van der Waals surface area contributed by atoms with Crippen molar-refractivity contribution in [1.29, 1.82) is 0 Å². The third kappa shape index (κ3) is 2.58. The Morgan fingerprint density at radius 2 is 1.57 bits per heavy atom.